The number of benzene rings is 3. The van der Waals surface area contributed by atoms with E-state index in [1.807, 2.05) is 37.3 Å². The number of ether oxygens (including phenoxy) is 1. The van der Waals surface area contributed by atoms with Crippen molar-refractivity contribution in [3.8, 4) is 5.75 Å². The second-order valence-electron chi connectivity index (χ2n) is 6.70. The van der Waals surface area contributed by atoms with E-state index < -0.39 is 0 Å². The summed E-state index contributed by atoms with van der Waals surface area (Å²) in [5.41, 5.74) is 3.55. The molecule has 29 heavy (non-hydrogen) atoms. The Labute approximate surface area is 169 Å². The Bertz CT molecular complexity index is 1100. The molecule has 5 nitrogen and oxygen atoms in total. The Balaban J connectivity index is 1.83. The lowest BCUT2D eigenvalue weighted by molar-refractivity contribution is -0.120. The molecule has 0 radical (unpaired) electrons. The van der Waals surface area contributed by atoms with E-state index in [-0.39, 0.29) is 17.5 Å². The number of methoxy groups -OCH3 is 1. The van der Waals surface area contributed by atoms with E-state index in [9.17, 15) is 9.59 Å². The standard InChI is InChI=1S/C24H20N2O3/c1-16-8-6-7-11-20(16)25-22-21(17-12-14-19(29-2)15-13-17)23(27)26(24(22)28)18-9-4-3-5-10-18/h3-15,25H,1-2H3. The molecule has 1 N–H and O–H groups in total. The molecule has 1 aliphatic rings. The molecule has 0 aliphatic carbocycles. The molecule has 0 bridgehead atoms. The highest BCUT2D eigenvalue weighted by Gasteiger charge is 2.40. The molecule has 0 atom stereocenters. The van der Waals surface area contributed by atoms with E-state index in [4.69, 9.17) is 4.74 Å². The first-order valence-electron chi connectivity index (χ1n) is 9.25. The minimum Gasteiger partial charge on any atom is -0.497 e. The van der Waals surface area contributed by atoms with Gasteiger partial charge in [0.25, 0.3) is 11.8 Å². The lowest BCUT2D eigenvalue weighted by Gasteiger charge is -2.15. The summed E-state index contributed by atoms with van der Waals surface area (Å²) < 4.78 is 5.21. The summed E-state index contributed by atoms with van der Waals surface area (Å²) in [6.45, 7) is 1.95. The van der Waals surface area contributed by atoms with Gasteiger partial charge >= 0.3 is 0 Å². The van der Waals surface area contributed by atoms with E-state index >= 15 is 0 Å². The molecule has 3 aromatic rings. The van der Waals surface area contributed by atoms with Crippen LogP contribution in [-0.2, 0) is 9.59 Å². The van der Waals surface area contributed by atoms with E-state index in [1.165, 1.54) is 4.90 Å². The molecule has 5 heteroatoms. The molecule has 2 amide bonds. The first kappa shape index (κ1) is 18.5. The van der Waals surface area contributed by atoms with Crippen molar-refractivity contribution in [1.82, 2.24) is 0 Å². The lowest BCUT2D eigenvalue weighted by Crippen LogP contribution is -2.32. The third-order valence-corrected chi connectivity index (χ3v) is 4.88. The van der Waals surface area contributed by atoms with Gasteiger partial charge in [-0.25, -0.2) is 4.90 Å². The van der Waals surface area contributed by atoms with Gasteiger partial charge in [-0.15, -0.1) is 0 Å². The van der Waals surface area contributed by atoms with Gasteiger partial charge in [-0.2, -0.15) is 0 Å². The van der Waals surface area contributed by atoms with Crippen molar-refractivity contribution >= 4 is 28.8 Å². The number of hydrogen-bond acceptors (Lipinski definition) is 4. The van der Waals surface area contributed by atoms with Gasteiger partial charge in [0.05, 0.1) is 18.4 Å². The Morgan fingerprint density at radius 1 is 0.793 bits per heavy atom. The smallest absolute Gasteiger partial charge is 0.282 e. The zero-order chi connectivity index (χ0) is 20.4. The fourth-order valence-corrected chi connectivity index (χ4v) is 3.33. The number of amides is 2. The van der Waals surface area contributed by atoms with Gasteiger partial charge in [-0.3, -0.25) is 9.59 Å². The Morgan fingerprint density at radius 2 is 1.45 bits per heavy atom. The number of hydrogen-bond donors (Lipinski definition) is 1. The van der Waals surface area contributed by atoms with Crippen LogP contribution in [0.1, 0.15) is 11.1 Å². The molecule has 0 unspecified atom stereocenters. The molecule has 4 rings (SSSR count). The number of imide groups is 1. The second-order valence-corrected chi connectivity index (χ2v) is 6.70. The average molecular weight is 384 g/mol. The average Bonchev–Trinajstić information content (AvgIpc) is 3.00. The highest BCUT2D eigenvalue weighted by molar-refractivity contribution is 6.46. The van der Waals surface area contributed by atoms with Crippen LogP contribution in [0.5, 0.6) is 5.75 Å². The van der Waals surface area contributed by atoms with Crippen molar-refractivity contribution in [2.45, 2.75) is 6.92 Å². The van der Waals surface area contributed by atoms with Crippen molar-refractivity contribution in [3.05, 3.63) is 95.7 Å². The highest BCUT2D eigenvalue weighted by atomic mass is 16.5. The fourth-order valence-electron chi connectivity index (χ4n) is 3.33. The summed E-state index contributed by atoms with van der Waals surface area (Å²) in [6.07, 6.45) is 0. The largest absolute Gasteiger partial charge is 0.497 e. The van der Waals surface area contributed by atoms with E-state index in [0.29, 0.717) is 22.6 Å². The predicted molar refractivity (Wildman–Crippen MR) is 114 cm³/mol. The van der Waals surface area contributed by atoms with Gasteiger partial charge < -0.3 is 10.1 Å². The minimum absolute atomic E-state index is 0.262. The zero-order valence-corrected chi connectivity index (χ0v) is 16.2. The molecular formula is C24H20N2O3. The molecule has 0 saturated heterocycles. The number of carbonyl (C=O) groups is 2. The molecule has 0 aromatic heterocycles. The Morgan fingerprint density at radius 3 is 2.10 bits per heavy atom. The summed E-state index contributed by atoms with van der Waals surface area (Å²) in [6, 6.07) is 23.7. The number of rotatable bonds is 5. The van der Waals surface area contributed by atoms with Crippen LogP contribution in [0.3, 0.4) is 0 Å². The van der Waals surface area contributed by atoms with Gasteiger partial charge in [-0.05, 0) is 48.4 Å². The SMILES string of the molecule is COc1ccc(C2=C(Nc3ccccc3C)C(=O)N(c3ccccc3)C2=O)cc1. The van der Waals surface area contributed by atoms with Crippen molar-refractivity contribution in [2.24, 2.45) is 0 Å². The molecule has 1 heterocycles. The van der Waals surface area contributed by atoms with Crippen LogP contribution in [-0.4, -0.2) is 18.9 Å². The minimum atomic E-state index is -0.379. The van der Waals surface area contributed by atoms with E-state index in [1.54, 1.807) is 55.6 Å². The van der Waals surface area contributed by atoms with Crippen molar-refractivity contribution in [2.75, 3.05) is 17.3 Å². The van der Waals surface area contributed by atoms with Crippen LogP contribution >= 0.6 is 0 Å². The monoisotopic (exact) mass is 384 g/mol. The quantitative estimate of drug-likeness (QED) is 0.663. The van der Waals surface area contributed by atoms with Gasteiger partial charge in [-0.1, -0.05) is 48.5 Å². The molecule has 0 saturated carbocycles. The molecule has 144 valence electrons. The van der Waals surface area contributed by atoms with Crippen LogP contribution in [0.25, 0.3) is 5.57 Å². The highest BCUT2D eigenvalue weighted by Crippen LogP contribution is 2.34. The van der Waals surface area contributed by atoms with Crippen molar-refractivity contribution < 1.29 is 14.3 Å². The number of nitrogens with one attached hydrogen (secondary N) is 1. The summed E-state index contributed by atoms with van der Waals surface area (Å²) in [7, 11) is 1.58. The molecule has 3 aromatic carbocycles. The summed E-state index contributed by atoms with van der Waals surface area (Å²) in [5, 5.41) is 3.20. The lowest BCUT2D eigenvalue weighted by atomic mass is 10.0. The maximum Gasteiger partial charge on any atom is 0.282 e. The number of nitrogens with zero attached hydrogens (tertiary/aromatic N) is 1. The Kier molecular flexibility index (Phi) is 4.87. The summed E-state index contributed by atoms with van der Waals surface area (Å²) in [4.78, 5) is 27.8. The van der Waals surface area contributed by atoms with Crippen LogP contribution in [0, 0.1) is 6.92 Å². The first-order valence-corrected chi connectivity index (χ1v) is 9.25. The third-order valence-electron chi connectivity index (χ3n) is 4.88. The van der Waals surface area contributed by atoms with Gasteiger partial charge in [0.15, 0.2) is 0 Å². The first-order chi connectivity index (χ1) is 14.1. The van der Waals surface area contributed by atoms with Crippen LogP contribution in [0.15, 0.2) is 84.6 Å². The van der Waals surface area contributed by atoms with Crippen molar-refractivity contribution in [3.63, 3.8) is 0 Å². The van der Waals surface area contributed by atoms with Crippen LogP contribution in [0.4, 0.5) is 11.4 Å². The third kappa shape index (κ3) is 3.38. The normalized spacial score (nSPS) is 13.8. The number of anilines is 2. The van der Waals surface area contributed by atoms with Gasteiger partial charge in [0.1, 0.15) is 11.4 Å². The maximum absolute atomic E-state index is 13.3. The maximum atomic E-state index is 13.3. The molecule has 1 aliphatic heterocycles. The number of aryl methyl sites for hydroxylation is 1. The fraction of sp³-hybridized carbons (Fsp3) is 0.0833. The van der Waals surface area contributed by atoms with Crippen LogP contribution < -0.4 is 15.0 Å². The molecular weight excluding hydrogens is 364 g/mol. The van der Waals surface area contributed by atoms with Gasteiger partial charge in [0.2, 0.25) is 0 Å². The predicted octanol–water partition coefficient (Wildman–Crippen LogP) is 4.40. The number of carbonyl (C=O) groups excluding carboxylic acids is 2. The van der Waals surface area contributed by atoms with E-state index in [0.717, 1.165) is 11.3 Å². The van der Waals surface area contributed by atoms with Crippen molar-refractivity contribution in [1.29, 1.82) is 0 Å². The molecule has 0 fully saturated rings. The zero-order valence-electron chi connectivity index (χ0n) is 16.2. The van der Waals surface area contributed by atoms with E-state index in [2.05, 4.69) is 5.32 Å². The van der Waals surface area contributed by atoms with Gasteiger partial charge in [0, 0.05) is 5.69 Å². The number of para-hydroxylation sites is 2. The topological polar surface area (TPSA) is 58.6 Å². The summed E-state index contributed by atoms with van der Waals surface area (Å²) in [5.74, 6) is -0.0582. The Hall–Kier alpha value is -3.86. The van der Waals surface area contributed by atoms with Crippen LogP contribution in [0.2, 0.25) is 0 Å². The second kappa shape index (κ2) is 7.64. The molecule has 0 spiro atoms. The summed E-state index contributed by atoms with van der Waals surface area (Å²) >= 11 is 0.